The minimum Gasteiger partial charge on any atom is -0.248 e. The minimum atomic E-state index is -4.96. The van der Waals surface area contributed by atoms with E-state index in [0.29, 0.717) is 0 Å². The second-order valence-corrected chi connectivity index (χ2v) is 14.5. The molecule has 5 aliphatic rings. The normalized spacial score (nSPS) is 17.6. The Kier molecular flexibility index (Phi) is 9.95. The Bertz CT molecular complexity index is 2660. The fourth-order valence-corrected chi connectivity index (χ4v) is 7.98. The van der Waals surface area contributed by atoms with Crippen molar-refractivity contribution in [2.75, 3.05) is 0 Å². The Labute approximate surface area is 354 Å². The van der Waals surface area contributed by atoms with Crippen LogP contribution in [-0.2, 0) is 24.7 Å². The van der Waals surface area contributed by atoms with Crippen molar-refractivity contribution in [1.29, 1.82) is 0 Å². The molecule has 320 valence electrons. The SMILES string of the molecule is FC(F)(F)c1ccccc1C1=C2C=CC(=N2)C(c2ccccc2C(F)(F)F)=C2C=CC(=N2)C(c2ccccc2C(F)(F)F)=C2C=CC(=N2)C(c2ccccc2C(F)(F)F)=C2C=CC1=N2. The lowest BCUT2D eigenvalue weighted by molar-refractivity contribution is -0.138. The fourth-order valence-electron chi connectivity index (χ4n) is 7.98. The van der Waals surface area contributed by atoms with E-state index in [-0.39, 0.29) is 67.9 Å². The molecule has 64 heavy (non-hydrogen) atoms. The summed E-state index contributed by atoms with van der Waals surface area (Å²) in [5, 5.41) is 0. The maximum atomic E-state index is 14.8. The molecule has 4 aromatic rings. The molecule has 0 unspecified atom stereocenters. The van der Waals surface area contributed by atoms with E-state index >= 15 is 0 Å². The van der Waals surface area contributed by atoms with Gasteiger partial charge < -0.3 is 0 Å². The number of allylic oxidation sites excluding steroid dienone is 12. The molecule has 0 amide bonds. The fraction of sp³-hybridized carbons (Fsp3) is 0.0833. The molecule has 0 saturated carbocycles. The third-order valence-electron chi connectivity index (χ3n) is 10.6. The van der Waals surface area contributed by atoms with Crippen LogP contribution in [0.25, 0.3) is 22.3 Å². The van der Waals surface area contributed by atoms with Crippen LogP contribution in [0.5, 0.6) is 0 Å². The van der Waals surface area contributed by atoms with Crippen LogP contribution in [0.1, 0.15) is 44.5 Å². The zero-order valence-electron chi connectivity index (χ0n) is 32.2. The van der Waals surface area contributed by atoms with Crippen LogP contribution in [0.4, 0.5) is 52.7 Å². The summed E-state index contributed by atoms with van der Waals surface area (Å²) in [7, 11) is 0. The standard InChI is InChI=1S/C48H24F12N4/c49-45(50,51)29-13-5-1-9-25(29)41-33-17-19-35(61-33)42(26-10-2-6-14-30(26)46(52,53)54)37-21-23-39(63-37)44(28-12-4-8-16-32(28)48(58,59)60)40-24-22-38(64-40)43(36-20-18-34(41)62-36)27-11-3-7-15-31(27)47(55,56)57/h1-24H. The zero-order chi connectivity index (χ0) is 45.3. The van der Waals surface area contributed by atoms with Crippen molar-refractivity contribution >= 4 is 45.1 Å². The lowest BCUT2D eigenvalue weighted by atomic mass is 9.93. The molecule has 0 radical (unpaired) electrons. The van der Waals surface area contributed by atoms with Gasteiger partial charge in [-0.05, 0) is 95.1 Å². The molecule has 5 aliphatic heterocycles. The highest BCUT2D eigenvalue weighted by Crippen LogP contribution is 2.46. The third kappa shape index (κ3) is 7.51. The predicted molar refractivity (Wildman–Crippen MR) is 220 cm³/mol. The van der Waals surface area contributed by atoms with Gasteiger partial charge in [0, 0.05) is 22.3 Å². The zero-order valence-corrected chi connectivity index (χ0v) is 32.2. The molecule has 8 bridgehead atoms. The maximum absolute atomic E-state index is 14.8. The molecule has 0 aliphatic carbocycles. The van der Waals surface area contributed by atoms with Crippen LogP contribution in [0.3, 0.4) is 0 Å². The van der Waals surface area contributed by atoms with Crippen LogP contribution >= 0.6 is 0 Å². The number of hydrogen-bond acceptors (Lipinski definition) is 4. The lowest BCUT2D eigenvalue weighted by Gasteiger charge is -2.18. The molecule has 0 fully saturated rings. The first kappa shape index (κ1) is 42.0. The highest BCUT2D eigenvalue weighted by Gasteiger charge is 2.40. The Morgan fingerprint density at radius 3 is 0.625 bits per heavy atom. The minimum absolute atomic E-state index is 0.213. The van der Waals surface area contributed by atoms with Crippen molar-refractivity contribution in [3.63, 3.8) is 0 Å². The smallest absolute Gasteiger partial charge is 0.248 e. The van der Waals surface area contributed by atoms with Crippen molar-refractivity contribution in [3.8, 4) is 0 Å². The molecular formula is C48H24F12N4. The second-order valence-electron chi connectivity index (χ2n) is 14.5. The summed E-state index contributed by atoms with van der Waals surface area (Å²) in [5.74, 6) is 0. The largest absolute Gasteiger partial charge is 0.417 e. The summed E-state index contributed by atoms with van der Waals surface area (Å²) < 4.78 is 177. The molecule has 0 atom stereocenters. The number of nitrogens with zero attached hydrogens (tertiary/aromatic N) is 4. The van der Waals surface area contributed by atoms with Crippen LogP contribution < -0.4 is 0 Å². The van der Waals surface area contributed by atoms with Gasteiger partial charge in [-0.1, -0.05) is 72.8 Å². The molecule has 0 N–H and O–H groups in total. The molecular weight excluding hydrogens is 861 g/mol. The highest BCUT2D eigenvalue weighted by molar-refractivity contribution is 6.40. The van der Waals surface area contributed by atoms with Gasteiger partial charge in [-0.15, -0.1) is 0 Å². The van der Waals surface area contributed by atoms with Crippen molar-refractivity contribution in [2.45, 2.75) is 24.7 Å². The number of fused-ring (bicyclic) bond motifs is 4. The summed E-state index contributed by atoms with van der Waals surface area (Å²) in [6.07, 6.45) is -9.76. The highest BCUT2D eigenvalue weighted by atomic mass is 19.4. The van der Waals surface area contributed by atoms with E-state index in [1.54, 1.807) is 0 Å². The molecule has 0 aromatic heterocycles. The van der Waals surface area contributed by atoms with Gasteiger partial charge in [-0.3, -0.25) is 0 Å². The van der Waals surface area contributed by atoms with Crippen LogP contribution in [-0.4, -0.2) is 22.8 Å². The molecule has 9 rings (SSSR count). The van der Waals surface area contributed by atoms with Crippen LogP contribution in [0.2, 0.25) is 0 Å². The molecule has 4 nitrogen and oxygen atoms in total. The number of alkyl halides is 12. The Morgan fingerprint density at radius 2 is 0.438 bits per heavy atom. The van der Waals surface area contributed by atoms with E-state index in [1.165, 1.54) is 72.9 Å². The average Bonchev–Trinajstić information content (AvgIpc) is 4.08. The first-order valence-electron chi connectivity index (χ1n) is 19.0. The summed E-state index contributed by atoms with van der Waals surface area (Å²) >= 11 is 0. The number of halogens is 12. The van der Waals surface area contributed by atoms with Crippen molar-refractivity contribution in [3.05, 3.63) is 213 Å². The summed E-state index contributed by atoms with van der Waals surface area (Å²) in [5.41, 5.74) is -9.15. The number of aliphatic imine (C=N–C) groups is 4. The second kappa shape index (κ2) is 15.2. The summed E-state index contributed by atoms with van der Waals surface area (Å²) in [6.45, 7) is 0. The third-order valence-corrected chi connectivity index (χ3v) is 10.6. The number of hydrogen-bond donors (Lipinski definition) is 0. The predicted octanol–water partition coefficient (Wildman–Crippen LogP) is 13.8. The number of rotatable bonds is 4. The van der Waals surface area contributed by atoms with Crippen molar-refractivity contribution in [2.24, 2.45) is 20.0 Å². The molecule has 4 aromatic carbocycles. The van der Waals surface area contributed by atoms with Gasteiger partial charge >= 0.3 is 24.7 Å². The molecule has 16 heteroatoms. The van der Waals surface area contributed by atoms with Crippen molar-refractivity contribution < 1.29 is 52.7 Å². The van der Waals surface area contributed by atoms with Gasteiger partial charge in [-0.25, -0.2) is 20.0 Å². The Hall–Kier alpha value is -7.36. The lowest BCUT2D eigenvalue weighted by Crippen LogP contribution is -2.13. The van der Waals surface area contributed by atoms with E-state index in [2.05, 4.69) is 20.0 Å². The van der Waals surface area contributed by atoms with Gasteiger partial charge in [0.05, 0.1) is 67.9 Å². The Balaban J connectivity index is 1.44. The first-order chi connectivity index (χ1) is 30.3. The van der Waals surface area contributed by atoms with Gasteiger partial charge in [0.2, 0.25) is 0 Å². The molecule has 5 heterocycles. The summed E-state index contributed by atoms with van der Waals surface area (Å²) in [6, 6.07) is 17.6. The number of benzene rings is 4. The molecule has 0 spiro atoms. The van der Waals surface area contributed by atoms with E-state index in [1.807, 2.05) is 0 Å². The van der Waals surface area contributed by atoms with E-state index in [4.69, 9.17) is 0 Å². The quantitative estimate of drug-likeness (QED) is 0.183. The van der Waals surface area contributed by atoms with Gasteiger partial charge in [0.1, 0.15) is 0 Å². The van der Waals surface area contributed by atoms with E-state index in [0.717, 1.165) is 72.8 Å². The molecule has 0 saturated heterocycles. The van der Waals surface area contributed by atoms with Gasteiger partial charge in [0.25, 0.3) is 0 Å². The summed E-state index contributed by atoms with van der Waals surface area (Å²) in [4.78, 5) is 18.5. The van der Waals surface area contributed by atoms with E-state index < -0.39 is 69.2 Å². The average molecular weight is 885 g/mol. The van der Waals surface area contributed by atoms with Crippen LogP contribution in [0, 0.1) is 0 Å². The topological polar surface area (TPSA) is 49.4 Å². The van der Waals surface area contributed by atoms with Gasteiger partial charge in [0.15, 0.2) is 0 Å². The van der Waals surface area contributed by atoms with E-state index in [9.17, 15) is 52.7 Å². The maximum Gasteiger partial charge on any atom is 0.417 e. The van der Waals surface area contributed by atoms with Crippen LogP contribution in [0.15, 0.2) is 188 Å². The first-order valence-corrected chi connectivity index (χ1v) is 19.0. The van der Waals surface area contributed by atoms with Gasteiger partial charge in [-0.2, -0.15) is 52.7 Å². The van der Waals surface area contributed by atoms with Crippen molar-refractivity contribution in [1.82, 2.24) is 0 Å². The monoisotopic (exact) mass is 884 g/mol. The Morgan fingerprint density at radius 1 is 0.250 bits per heavy atom.